The molecular formula is C16H18FN2O+. The fourth-order valence-corrected chi connectivity index (χ4v) is 2.92. The maximum Gasteiger partial charge on any atom is 0.367 e. The van der Waals surface area contributed by atoms with Crippen LogP contribution in [0.3, 0.4) is 0 Å². The van der Waals surface area contributed by atoms with Gasteiger partial charge in [0, 0.05) is 17.3 Å². The number of nitrogens with zero attached hydrogens (tertiary/aromatic N) is 1. The van der Waals surface area contributed by atoms with Crippen LogP contribution in [0.2, 0.25) is 0 Å². The summed E-state index contributed by atoms with van der Waals surface area (Å²) in [6.45, 7) is 0. The molecule has 0 bridgehead atoms. The highest BCUT2D eigenvalue weighted by Gasteiger charge is 2.22. The number of anilines is 1. The summed E-state index contributed by atoms with van der Waals surface area (Å²) in [4.78, 5) is 0. The summed E-state index contributed by atoms with van der Waals surface area (Å²) in [5.41, 5.74) is 10.4. The molecule has 20 heavy (non-hydrogen) atoms. The van der Waals surface area contributed by atoms with E-state index in [1.165, 1.54) is 0 Å². The molecule has 0 unspecified atom stereocenters. The van der Waals surface area contributed by atoms with E-state index in [4.69, 9.17) is 10.5 Å². The minimum Gasteiger partial charge on any atom is -0.448 e. The molecule has 0 amide bonds. The van der Waals surface area contributed by atoms with Crippen LogP contribution >= 0.6 is 0 Å². The molecule has 0 radical (unpaired) electrons. The number of aryl methyl sites for hydroxylation is 1. The van der Waals surface area contributed by atoms with Crippen LogP contribution in [0, 0.1) is 5.82 Å². The Morgan fingerprint density at radius 2 is 2.00 bits per heavy atom. The van der Waals surface area contributed by atoms with E-state index < -0.39 is 0 Å². The number of fused-ring (bicyclic) bond motifs is 1. The lowest BCUT2D eigenvalue weighted by Crippen LogP contribution is -2.29. The highest BCUT2D eigenvalue weighted by atomic mass is 19.1. The van der Waals surface area contributed by atoms with Crippen LogP contribution < -0.4 is 15.0 Å². The van der Waals surface area contributed by atoms with Gasteiger partial charge in [-0.2, -0.15) is 4.57 Å². The van der Waals surface area contributed by atoms with Gasteiger partial charge in [0.25, 0.3) is 0 Å². The van der Waals surface area contributed by atoms with E-state index in [1.54, 1.807) is 13.2 Å². The maximum absolute atomic E-state index is 14.2. The molecule has 0 saturated carbocycles. The lowest BCUT2D eigenvalue weighted by molar-refractivity contribution is -0.676. The van der Waals surface area contributed by atoms with Crippen molar-refractivity contribution in [3.05, 3.63) is 41.3 Å². The molecule has 2 N–H and O–H groups in total. The molecule has 104 valence electrons. The molecular weight excluding hydrogens is 255 g/mol. The molecule has 2 aromatic rings. The van der Waals surface area contributed by atoms with Crippen molar-refractivity contribution in [2.45, 2.75) is 19.3 Å². The summed E-state index contributed by atoms with van der Waals surface area (Å²) in [6, 6.07) is 5.36. The Hall–Kier alpha value is -2.10. The quantitative estimate of drug-likeness (QED) is 0.674. The van der Waals surface area contributed by atoms with E-state index >= 15 is 0 Å². The third kappa shape index (κ3) is 1.92. The number of halogens is 1. The van der Waals surface area contributed by atoms with E-state index in [2.05, 4.69) is 0 Å². The van der Waals surface area contributed by atoms with Gasteiger partial charge in [-0.15, -0.1) is 0 Å². The van der Waals surface area contributed by atoms with E-state index in [0.717, 1.165) is 41.5 Å². The summed E-state index contributed by atoms with van der Waals surface area (Å²) >= 11 is 0. The van der Waals surface area contributed by atoms with Gasteiger partial charge in [0.1, 0.15) is 12.9 Å². The van der Waals surface area contributed by atoms with Crippen LogP contribution in [0.5, 0.6) is 5.88 Å². The lowest BCUT2D eigenvalue weighted by Gasteiger charge is -2.12. The molecule has 4 heteroatoms. The van der Waals surface area contributed by atoms with Crippen molar-refractivity contribution in [1.82, 2.24) is 0 Å². The maximum atomic E-state index is 14.2. The molecule has 0 atom stereocenters. The molecule has 3 rings (SSSR count). The van der Waals surface area contributed by atoms with Crippen molar-refractivity contribution < 1.29 is 13.7 Å². The Balaban J connectivity index is 2.18. The number of nitrogen functional groups attached to an aromatic ring is 1. The fraction of sp³-hybridized carbons (Fsp3) is 0.312. The normalized spacial score (nSPS) is 13.3. The summed E-state index contributed by atoms with van der Waals surface area (Å²) in [5, 5.41) is 0. The number of benzene rings is 1. The largest absolute Gasteiger partial charge is 0.448 e. The van der Waals surface area contributed by atoms with E-state index in [-0.39, 0.29) is 5.82 Å². The third-order valence-electron chi connectivity index (χ3n) is 4.02. The van der Waals surface area contributed by atoms with Gasteiger partial charge in [0.15, 0.2) is 6.20 Å². The summed E-state index contributed by atoms with van der Waals surface area (Å²) in [6.07, 6.45) is 4.52. The zero-order valence-corrected chi connectivity index (χ0v) is 11.7. The van der Waals surface area contributed by atoms with Crippen LogP contribution in [-0.4, -0.2) is 7.11 Å². The standard InChI is InChI=1S/C16H17FN2O/c1-19-7-6-10(8-15(19)20-2)13-9-14(17)11-4-3-5-12(11)16(13)18/h6-9,18H,3-5H2,1-2H3/p+1. The molecule has 0 saturated heterocycles. The molecule has 1 aliphatic rings. The topological polar surface area (TPSA) is 39.1 Å². The van der Waals surface area contributed by atoms with Gasteiger partial charge in [0.2, 0.25) is 0 Å². The van der Waals surface area contributed by atoms with Crippen molar-refractivity contribution in [3.63, 3.8) is 0 Å². The monoisotopic (exact) mass is 273 g/mol. The second kappa shape index (κ2) is 4.78. The van der Waals surface area contributed by atoms with Crippen LogP contribution in [0.1, 0.15) is 17.5 Å². The number of nitrogens with two attached hydrogens (primary N) is 1. The van der Waals surface area contributed by atoms with E-state index in [9.17, 15) is 4.39 Å². The van der Waals surface area contributed by atoms with Crippen molar-refractivity contribution in [3.8, 4) is 17.0 Å². The number of hydrogen-bond acceptors (Lipinski definition) is 2. The van der Waals surface area contributed by atoms with Crippen LogP contribution in [0.15, 0.2) is 24.4 Å². The number of aromatic nitrogens is 1. The second-order valence-corrected chi connectivity index (χ2v) is 5.20. The number of rotatable bonds is 2. The molecule has 0 fully saturated rings. The van der Waals surface area contributed by atoms with Crippen molar-refractivity contribution >= 4 is 5.69 Å². The van der Waals surface area contributed by atoms with Crippen molar-refractivity contribution in [1.29, 1.82) is 0 Å². The minimum atomic E-state index is -0.145. The molecule has 0 aliphatic heterocycles. The summed E-state index contributed by atoms with van der Waals surface area (Å²) < 4.78 is 21.3. The third-order valence-corrected chi connectivity index (χ3v) is 4.02. The summed E-state index contributed by atoms with van der Waals surface area (Å²) in [5.74, 6) is 0.566. The zero-order valence-electron chi connectivity index (χ0n) is 11.7. The predicted molar refractivity (Wildman–Crippen MR) is 76.0 cm³/mol. The van der Waals surface area contributed by atoms with Gasteiger partial charge >= 0.3 is 5.88 Å². The van der Waals surface area contributed by atoms with Gasteiger partial charge in [-0.3, -0.25) is 0 Å². The van der Waals surface area contributed by atoms with Gasteiger partial charge in [-0.05, 0) is 42.0 Å². The Morgan fingerprint density at radius 1 is 1.25 bits per heavy atom. The first kappa shape index (κ1) is 12.9. The average molecular weight is 273 g/mol. The van der Waals surface area contributed by atoms with E-state index in [1.807, 2.05) is 29.9 Å². The van der Waals surface area contributed by atoms with Gasteiger partial charge < -0.3 is 10.5 Å². The highest BCUT2D eigenvalue weighted by Crippen LogP contribution is 2.37. The van der Waals surface area contributed by atoms with Crippen LogP contribution in [0.4, 0.5) is 10.1 Å². The number of pyridine rings is 1. The Bertz CT molecular complexity index is 683. The van der Waals surface area contributed by atoms with Crippen LogP contribution in [0.25, 0.3) is 11.1 Å². The zero-order chi connectivity index (χ0) is 14.3. The first-order valence-corrected chi connectivity index (χ1v) is 6.75. The number of ether oxygens (including phenoxy) is 1. The molecule has 1 aliphatic carbocycles. The average Bonchev–Trinajstić information content (AvgIpc) is 2.94. The van der Waals surface area contributed by atoms with Gasteiger partial charge in [0.05, 0.1) is 13.2 Å². The molecule has 1 heterocycles. The van der Waals surface area contributed by atoms with Crippen LogP contribution in [-0.2, 0) is 19.9 Å². The molecule has 0 spiro atoms. The molecule has 1 aromatic heterocycles. The second-order valence-electron chi connectivity index (χ2n) is 5.20. The summed E-state index contributed by atoms with van der Waals surface area (Å²) in [7, 11) is 3.51. The van der Waals surface area contributed by atoms with Gasteiger partial charge in [-0.1, -0.05) is 0 Å². The Morgan fingerprint density at radius 3 is 2.75 bits per heavy atom. The number of methoxy groups -OCH3 is 1. The van der Waals surface area contributed by atoms with Crippen molar-refractivity contribution in [2.75, 3.05) is 12.8 Å². The Labute approximate surface area is 117 Å². The van der Waals surface area contributed by atoms with Crippen molar-refractivity contribution in [2.24, 2.45) is 7.05 Å². The van der Waals surface area contributed by atoms with Gasteiger partial charge in [-0.25, -0.2) is 4.39 Å². The lowest BCUT2D eigenvalue weighted by atomic mass is 9.98. The van der Waals surface area contributed by atoms with E-state index in [0.29, 0.717) is 11.6 Å². The molecule has 1 aromatic carbocycles. The predicted octanol–water partition coefficient (Wildman–Crippen LogP) is 2.40. The first-order valence-electron chi connectivity index (χ1n) is 6.75. The highest BCUT2D eigenvalue weighted by molar-refractivity contribution is 5.80. The SMILES string of the molecule is COc1cc(-c2cc(F)c3c(c2N)CCC3)cc[n+]1C. The Kier molecular flexibility index (Phi) is 3.08. The fourth-order valence-electron chi connectivity index (χ4n) is 2.92. The first-order chi connectivity index (χ1) is 9.61. The molecule has 3 nitrogen and oxygen atoms in total. The minimum absolute atomic E-state index is 0.145. The number of hydrogen-bond donors (Lipinski definition) is 1. The smallest absolute Gasteiger partial charge is 0.367 e.